The monoisotopic (exact) mass is 378 g/mol. The molecule has 0 aromatic heterocycles. The number of hydrogen-bond acceptors (Lipinski definition) is 4. The van der Waals surface area contributed by atoms with Gasteiger partial charge in [0.1, 0.15) is 5.82 Å². The first-order chi connectivity index (χ1) is 12.6. The smallest absolute Gasteiger partial charge is 0.260 e. The van der Waals surface area contributed by atoms with Crippen LogP contribution in [0.5, 0.6) is 11.5 Å². The Labute approximate surface area is 156 Å². The zero-order valence-corrected chi connectivity index (χ0v) is 15.2. The van der Waals surface area contributed by atoms with Gasteiger partial charge in [0.05, 0.1) is 12.1 Å². The third-order valence-corrected chi connectivity index (χ3v) is 4.61. The van der Waals surface area contributed by atoms with Gasteiger partial charge in [-0.2, -0.15) is 0 Å². The topological polar surface area (TPSA) is 42.0 Å². The minimum Gasteiger partial charge on any atom is -0.493 e. The maximum Gasteiger partial charge on any atom is 0.260 e. The normalized spacial score (nSPS) is 14.3. The van der Waals surface area contributed by atoms with Crippen LogP contribution in [-0.2, 0) is 4.79 Å². The molecule has 0 spiro atoms. The van der Waals surface area contributed by atoms with Crippen molar-refractivity contribution in [1.82, 2.24) is 4.90 Å². The van der Waals surface area contributed by atoms with E-state index in [4.69, 9.17) is 21.1 Å². The molecule has 1 aliphatic heterocycles. The highest BCUT2D eigenvalue weighted by molar-refractivity contribution is 6.31. The number of anilines is 1. The lowest BCUT2D eigenvalue weighted by Crippen LogP contribution is -2.50. The lowest BCUT2D eigenvalue weighted by Gasteiger charge is -2.36. The van der Waals surface area contributed by atoms with Crippen molar-refractivity contribution in [3.63, 3.8) is 0 Å². The molecule has 5 nitrogen and oxygen atoms in total. The minimum absolute atomic E-state index is 0.0389. The van der Waals surface area contributed by atoms with Gasteiger partial charge in [-0.1, -0.05) is 23.7 Å². The standard InChI is InChI=1S/C19H20ClFN2O3/c1-25-17-4-2-3-5-18(17)26-13-19(24)23-10-8-22(9-11-23)14-6-7-16(21)15(20)12-14/h2-7,12H,8-11,13H2,1H3. The van der Waals surface area contributed by atoms with Crippen LogP contribution in [-0.4, -0.2) is 50.7 Å². The number of carbonyl (C=O) groups excluding carboxylic acids is 1. The second-order valence-electron chi connectivity index (χ2n) is 5.91. The van der Waals surface area contributed by atoms with Crippen LogP contribution < -0.4 is 14.4 Å². The number of halogens is 2. The Balaban J connectivity index is 1.52. The second kappa shape index (κ2) is 8.27. The average molecular weight is 379 g/mol. The molecule has 0 aliphatic carbocycles. The van der Waals surface area contributed by atoms with Crippen LogP contribution in [0.3, 0.4) is 0 Å². The molecule has 1 amide bonds. The molecule has 0 saturated carbocycles. The summed E-state index contributed by atoms with van der Waals surface area (Å²) < 4.78 is 24.1. The molecule has 2 aromatic rings. The van der Waals surface area contributed by atoms with E-state index in [0.717, 1.165) is 5.69 Å². The molecule has 0 unspecified atom stereocenters. The molecule has 1 fully saturated rings. The average Bonchev–Trinajstić information content (AvgIpc) is 2.68. The Morgan fingerprint density at radius 1 is 1.12 bits per heavy atom. The molecule has 0 bridgehead atoms. The summed E-state index contributed by atoms with van der Waals surface area (Å²) in [5.74, 6) is 0.631. The largest absolute Gasteiger partial charge is 0.493 e. The molecule has 2 aromatic carbocycles. The summed E-state index contributed by atoms with van der Waals surface area (Å²) in [4.78, 5) is 16.2. The highest BCUT2D eigenvalue weighted by Crippen LogP contribution is 2.26. The van der Waals surface area contributed by atoms with Crippen LogP contribution in [0.4, 0.5) is 10.1 Å². The van der Waals surface area contributed by atoms with Gasteiger partial charge in [0, 0.05) is 31.9 Å². The Morgan fingerprint density at radius 2 is 1.81 bits per heavy atom. The van der Waals surface area contributed by atoms with Crippen LogP contribution in [0, 0.1) is 5.82 Å². The van der Waals surface area contributed by atoms with Gasteiger partial charge >= 0.3 is 0 Å². The van der Waals surface area contributed by atoms with Crippen molar-refractivity contribution in [1.29, 1.82) is 0 Å². The Hall–Kier alpha value is -2.47. The molecule has 0 atom stereocenters. The zero-order valence-electron chi connectivity index (χ0n) is 14.5. The number of hydrogen-bond donors (Lipinski definition) is 0. The minimum atomic E-state index is -0.433. The summed E-state index contributed by atoms with van der Waals surface area (Å²) in [6.45, 7) is 2.42. The molecular formula is C19H20ClFN2O3. The van der Waals surface area contributed by atoms with Crippen LogP contribution in [0.2, 0.25) is 5.02 Å². The van der Waals surface area contributed by atoms with E-state index in [1.807, 2.05) is 12.1 Å². The molecule has 0 N–H and O–H groups in total. The fourth-order valence-corrected chi connectivity index (χ4v) is 3.04. The highest BCUT2D eigenvalue weighted by Gasteiger charge is 2.22. The SMILES string of the molecule is COc1ccccc1OCC(=O)N1CCN(c2ccc(F)c(Cl)c2)CC1. The van der Waals surface area contributed by atoms with Crippen LogP contribution in [0.1, 0.15) is 0 Å². The van der Waals surface area contributed by atoms with Gasteiger partial charge in [0.2, 0.25) is 0 Å². The van der Waals surface area contributed by atoms with E-state index in [0.29, 0.717) is 37.7 Å². The molecule has 1 saturated heterocycles. The first-order valence-electron chi connectivity index (χ1n) is 8.32. The molecule has 3 rings (SSSR count). The first-order valence-corrected chi connectivity index (χ1v) is 8.70. The highest BCUT2D eigenvalue weighted by atomic mass is 35.5. The van der Waals surface area contributed by atoms with Gasteiger partial charge in [-0.15, -0.1) is 0 Å². The number of methoxy groups -OCH3 is 1. The fraction of sp³-hybridized carbons (Fsp3) is 0.316. The third kappa shape index (κ3) is 4.19. The summed E-state index contributed by atoms with van der Waals surface area (Å²) in [6, 6.07) is 11.9. The van der Waals surface area contributed by atoms with Crippen molar-refractivity contribution in [2.75, 3.05) is 44.8 Å². The molecule has 138 valence electrons. The number of benzene rings is 2. The van der Waals surface area contributed by atoms with E-state index in [-0.39, 0.29) is 17.5 Å². The molecule has 1 aliphatic rings. The summed E-state index contributed by atoms with van der Waals surface area (Å²) in [5.41, 5.74) is 0.855. The molecule has 0 radical (unpaired) electrons. The van der Waals surface area contributed by atoms with Gasteiger partial charge < -0.3 is 19.3 Å². The number of piperazine rings is 1. The Bertz CT molecular complexity index is 779. The number of amides is 1. The predicted octanol–water partition coefficient (Wildman–Crippen LogP) is 3.22. The lowest BCUT2D eigenvalue weighted by atomic mass is 10.2. The first kappa shape index (κ1) is 18.3. The number of para-hydroxylation sites is 2. The number of rotatable bonds is 5. The fourth-order valence-electron chi connectivity index (χ4n) is 2.86. The van der Waals surface area contributed by atoms with E-state index < -0.39 is 5.82 Å². The number of nitrogens with zero attached hydrogens (tertiary/aromatic N) is 2. The molecular weight excluding hydrogens is 359 g/mol. The molecule has 26 heavy (non-hydrogen) atoms. The van der Waals surface area contributed by atoms with Crippen molar-refractivity contribution in [2.24, 2.45) is 0 Å². The van der Waals surface area contributed by atoms with Crippen LogP contribution in [0.15, 0.2) is 42.5 Å². The van der Waals surface area contributed by atoms with Gasteiger partial charge in [-0.25, -0.2) is 4.39 Å². The zero-order chi connectivity index (χ0) is 18.5. The summed E-state index contributed by atoms with van der Waals surface area (Å²) in [6.07, 6.45) is 0. The predicted molar refractivity (Wildman–Crippen MR) is 98.7 cm³/mol. The maximum absolute atomic E-state index is 13.3. The van der Waals surface area contributed by atoms with Crippen molar-refractivity contribution >= 4 is 23.2 Å². The van der Waals surface area contributed by atoms with Crippen LogP contribution in [0.25, 0.3) is 0 Å². The van der Waals surface area contributed by atoms with Gasteiger partial charge in [-0.05, 0) is 30.3 Å². The van der Waals surface area contributed by atoms with Gasteiger partial charge in [0.25, 0.3) is 5.91 Å². The molecule has 7 heteroatoms. The maximum atomic E-state index is 13.3. The second-order valence-corrected chi connectivity index (χ2v) is 6.31. The van der Waals surface area contributed by atoms with E-state index in [1.54, 1.807) is 36.3 Å². The van der Waals surface area contributed by atoms with Crippen molar-refractivity contribution < 1.29 is 18.7 Å². The number of carbonyl (C=O) groups is 1. The van der Waals surface area contributed by atoms with Crippen molar-refractivity contribution in [2.45, 2.75) is 0 Å². The Kier molecular flexibility index (Phi) is 5.83. The van der Waals surface area contributed by atoms with Crippen LogP contribution >= 0.6 is 11.6 Å². The Morgan fingerprint density at radius 3 is 2.46 bits per heavy atom. The van der Waals surface area contributed by atoms with E-state index in [9.17, 15) is 9.18 Å². The summed E-state index contributed by atoms with van der Waals surface area (Å²) in [7, 11) is 1.56. The van der Waals surface area contributed by atoms with E-state index in [1.165, 1.54) is 6.07 Å². The summed E-state index contributed by atoms with van der Waals surface area (Å²) >= 11 is 5.84. The van der Waals surface area contributed by atoms with E-state index >= 15 is 0 Å². The van der Waals surface area contributed by atoms with E-state index in [2.05, 4.69) is 4.90 Å². The number of ether oxygens (including phenoxy) is 2. The van der Waals surface area contributed by atoms with Gasteiger partial charge in [-0.3, -0.25) is 4.79 Å². The molecule has 1 heterocycles. The van der Waals surface area contributed by atoms with Gasteiger partial charge in [0.15, 0.2) is 18.1 Å². The third-order valence-electron chi connectivity index (χ3n) is 4.32. The van der Waals surface area contributed by atoms with Crippen molar-refractivity contribution in [3.8, 4) is 11.5 Å². The summed E-state index contributed by atoms with van der Waals surface area (Å²) in [5, 5.41) is 0.103. The van der Waals surface area contributed by atoms with Crippen molar-refractivity contribution in [3.05, 3.63) is 53.3 Å². The quantitative estimate of drug-likeness (QED) is 0.801. The lowest BCUT2D eigenvalue weighted by molar-refractivity contribution is -0.133.